The van der Waals surface area contributed by atoms with E-state index in [4.69, 9.17) is 4.74 Å². The second kappa shape index (κ2) is 11.5. The highest BCUT2D eigenvalue weighted by Crippen LogP contribution is 2.39. The molecule has 4 rings (SSSR count). The van der Waals surface area contributed by atoms with Crippen LogP contribution in [-0.2, 0) is 20.9 Å². The Labute approximate surface area is 213 Å². The van der Waals surface area contributed by atoms with E-state index in [9.17, 15) is 23.2 Å². The highest BCUT2D eigenvalue weighted by molar-refractivity contribution is 5.89. The van der Waals surface area contributed by atoms with Crippen molar-refractivity contribution in [2.45, 2.75) is 51.3 Å². The first-order valence-corrected chi connectivity index (χ1v) is 12.0. The number of nitrogens with one attached hydrogen (secondary N) is 1. The molecule has 1 saturated carbocycles. The van der Waals surface area contributed by atoms with Crippen LogP contribution in [0.1, 0.15) is 53.7 Å². The monoisotopic (exact) mass is 517 g/mol. The van der Waals surface area contributed by atoms with Gasteiger partial charge in [0.25, 0.3) is 0 Å². The van der Waals surface area contributed by atoms with Gasteiger partial charge in [-0.2, -0.15) is 8.78 Å². The quantitative estimate of drug-likeness (QED) is 0.482. The number of hydrogen-bond donors (Lipinski definition) is 1. The van der Waals surface area contributed by atoms with Crippen LogP contribution >= 0.6 is 0 Å². The molecule has 1 aliphatic carbocycles. The lowest BCUT2D eigenvalue weighted by Crippen LogP contribution is -2.45. The Kier molecular flexibility index (Phi) is 8.20. The molecular formula is C26H29F2N3O6. The van der Waals surface area contributed by atoms with Gasteiger partial charge in [0.05, 0.1) is 31.5 Å². The molecule has 1 aliphatic heterocycles. The van der Waals surface area contributed by atoms with E-state index >= 15 is 0 Å². The number of alkyl halides is 2. The van der Waals surface area contributed by atoms with E-state index in [2.05, 4.69) is 19.8 Å². The Morgan fingerprint density at radius 1 is 1.16 bits per heavy atom. The van der Waals surface area contributed by atoms with E-state index in [0.29, 0.717) is 36.7 Å². The average molecular weight is 518 g/mol. The van der Waals surface area contributed by atoms with E-state index in [1.807, 2.05) is 0 Å². The van der Waals surface area contributed by atoms with E-state index in [1.54, 1.807) is 24.3 Å². The van der Waals surface area contributed by atoms with E-state index < -0.39 is 18.6 Å². The number of carbonyl (C=O) groups excluding carboxylic acids is 3. The second-order valence-electron chi connectivity index (χ2n) is 9.21. The zero-order valence-corrected chi connectivity index (χ0v) is 20.6. The van der Waals surface area contributed by atoms with Gasteiger partial charge in [0, 0.05) is 25.6 Å². The molecule has 1 aromatic heterocycles. The topological polar surface area (TPSA) is 107 Å². The third-order valence-electron chi connectivity index (χ3n) is 6.52. The summed E-state index contributed by atoms with van der Waals surface area (Å²) >= 11 is 0. The number of pyridine rings is 1. The van der Waals surface area contributed by atoms with Crippen molar-refractivity contribution in [1.82, 2.24) is 15.2 Å². The van der Waals surface area contributed by atoms with Crippen molar-refractivity contribution >= 4 is 17.8 Å². The molecule has 1 aromatic carbocycles. The second-order valence-corrected chi connectivity index (χ2v) is 9.21. The van der Waals surface area contributed by atoms with Crippen LogP contribution < -0.4 is 14.8 Å². The molecule has 2 atom stereocenters. The van der Waals surface area contributed by atoms with Crippen molar-refractivity contribution in [1.29, 1.82) is 0 Å². The number of methoxy groups -OCH3 is 1. The molecule has 37 heavy (non-hydrogen) atoms. The van der Waals surface area contributed by atoms with Crippen LogP contribution in [0.25, 0.3) is 0 Å². The van der Waals surface area contributed by atoms with Crippen molar-refractivity contribution in [2.24, 2.45) is 5.92 Å². The van der Waals surface area contributed by atoms with Gasteiger partial charge in [-0.1, -0.05) is 6.07 Å². The fourth-order valence-corrected chi connectivity index (χ4v) is 4.31. The zero-order chi connectivity index (χ0) is 26.5. The minimum atomic E-state index is -2.98. The van der Waals surface area contributed by atoms with Gasteiger partial charge >= 0.3 is 12.6 Å². The van der Waals surface area contributed by atoms with Crippen molar-refractivity contribution in [3.63, 3.8) is 0 Å². The average Bonchev–Trinajstić information content (AvgIpc) is 3.61. The largest absolute Gasteiger partial charge is 0.489 e. The summed E-state index contributed by atoms with van der Waals surface area (Å²) < 4.78 is 40.8. The predicted molar refractivity (Wildman–Crippen MR) is 127 cm³/mol. The van der Waals surface area contributed by atoms with E-state index in [1.165, 1.54) is 31.2 Å². The van der Waals surface area contributed by atoms with Gasteiger partial charge in [-0.05, 0) is 55.0 Å². The summed E-state index contributed by atoms with van der Waals surface area (Å²) in [5.41, 5.74) is 1.61. The summed E-state index contributed by atoms with van der Waals surface area (Å²) in [7, 11) is 1.28. The smallest absolute Gasteiger partial charge is 0.387 e. The Balaban J connectivity index is 1.44. The highest BCUT2D eigenvalue weighted by Gasteiger charge is 2.39. The lowest BCUT2D eigenvalue weighted by atomic mass is 9.95. The van der Waals surface area contributed by atoms with Gasteiger partial charge < -0.3 is 24.4 Å². The summed E-state index contributed by atoms with van der Waals surface area (Å²) in [6.45, 7) is -0.734. The minimum Gasteiger partial charge on any atom is -0.489 e. The molecule has 2 fully saturated rings. The number of hydrogen-bond acceptors (Lipinski definition) is 7. The Morgan fingerprint density at radius 2 is 1.95 bits per heavy atom. The van der Waals surface area contributed by atoms with Crippen LogP contribution in [0.5, 0.6) is 11.5 Å². The van der Waals surface area contributed by atoms with Crippen molar-refractivity contribution in [2.75, 3.05) is 20.3 Å². The van der Waals surface area contributed by atoms with Crippen LogP contribution in [0.2, 0.25) is 0 Å². The maximum absolute atomic E-state index is 13.0. The first-order valence-electron chi connectivity index (χ1n) is 12.0. The molecular weight excluding hydrogens is 488 g/mol. The van der Waals surface area contributed by atoms with Gasteiger partial charge in [-0.25, -0.2) is 4.79 Å². The SMILES string of the molecule is COC(=O)c1ccc(CNC(=O)[C@H]2CC(c3ccc(OC(F)F)c(OCC4CC4)c3)CN2C(C)=O)nc1. The summed E-state index contributed by atoms with van der Waals surface area (Å²) in [5, 5.41) is 2.80. The van der Waals surface area contributed by atoms with Gasteiger partial charge in [-0.3, -0.25) is 14.6 Å². The van der Waals surface area contributed by atoms with Crippen LogP contribution in [0, 0.1) is 5.92 Å². The number of halogens is 2. The fraction of sp³-hybridized carbons (Fsp3) is 0.462. The van der Waals surface area contributed by atoms with Crippen LogP contribution in [-0.4, -0.2) is 60.6 Å². The lowest BCUT2D eigenvalue weighted by Gasteiger charge is -2.22. The van der Waals surface area contributed by atoms with Crippen molar-refractivity contribution < 1.29 is 37.4 Å². The number of esters is 1. The number of ether oxygens (including phenoxy) is 3. The molecule has 2 heterocycles. The standard InChI is InChI=1S/C26H29F2N3O6/c1-15(32)31-13-19(17-6-8-22(37-26(27)28)23(10-17)36-14-16-3-4-16)9-21(31)24(33)30-12-20-7-5-18(11-29-20)25(34)35-2/h5-8,10-11,16,19,21,26H,3-4,9,12-14H2,1-2H3,(H,30,33)/t19?,21-/m1/s1. The van der Waals surface area contributed by atoms with Gasteiger partial charge in [0.1, 0.15) is 6.04 Å². The maximum Gasteiger partial charge on any atom is 0.387 e. The Hall–Kier alpha value is -3.76. The molecule has 198 valence electrons. The number of amides is 2. The molecule has 0 bridgehead atoms. The molecule has 2 aliphatic rings. The third kappa shape index (κ3) is 6.72. The maximum atomic E-state index is 13.0. The molecule has 1 saturated heterocycles. The fourth-order valence-electron chi connectivity index (χ4n) is 4.31. The first-order chi connectivity index (χ1) is 17.7. The summed E-state index contributed by atoms with van der Waals surface area (Å²) in [6, 6.07) is 7.23. The van der Waals surface area contributed by atoms with Crippen molar-refractivity contribution in [3.05, 3.63) is 53.3 Å². The number of aromatic nitrogens is 1. The van der Waals surface area contributed by atoms with Crippen LogP contribution in [0.3, 0.4) is 0 Å². The lowest BCUT2D eigenvalue weighted by molar-refractivity contribution is -0.136. The number of benzene rings is 1. The van der Waals surface area contributed by atoms with E-state index in [-0.39, 0.29) is 35.8 Å². The molecule has 2 amide bonds. The summed E-state index contributed by atoms with van der Waals surface area (Å²) in [5.74, 6) is -0.671. The number of nitrogens with zero attached hydrogens (tertiary/aromatic N) is 2. The molecule has 2 aromatic rings. The third-order valence-corrected chi connectivity index (χ3v) is 6.52. The number of carbonyl (C=O) groups is 3. The minimum absolute atomic E-state index is 0.0409. The molecule has 1 N–H and O–H groups in total. The first kappa shape index (κ1) is 26.3. The molecule has 9 nitrogen and oxygen atoms in total. The van der Waals surface area contributed by atoms with Gasteiger partial charge in [0.15, 0.2) is 11.5 Å². The van der Waals surface area contributed by atoms with Gasteiger partial charge in [0.2, 0.25) is 11.8 Å². The Bertz CT molecular complexity index is 1140. The molecule has 11 heteroatoms. The van der Waals surface area contributed by atoms with Crippen LogP contribution in [0.15, 0.2) is 36.5 Å². The molecule has 0 spiro atoms. The van der Waals surface area contributed by atoms with E-state index in [0.717, 1.165) is 18.4 Å². The Morgan fingerprint density at radius 3 is 2.57 bits per heavy atom. The van der Waals surface area contributed by atoms with Crippen LogP contribution in [0.4, 0.5) is 8.78 Å². The molecule has 0 radical (unpaired) electrons. The van der Waals surface area contributed by atoms with Gasteiger partial charge in [-0.15, -0.1) is 0 Å². The predicted octanol–water partition coefficient (Wildman–Crippen LogP) is 3.28. The highest BCUT2D eigenvalue weighted by atomic mass is 19.3. The van der Waals surface area contributed by atoms with Crippen molar-refractivity contribution in [3.8, 4) is 11.5 Å². The summed E-state index contributed by atoms with van der Waals surface area (Å²) in [4.78, 5) is 42.6. The summed E-state index contributed by atoms with van der Waals surface area (Å²) in [6.07, 6.45) is 3.81. The number of rotatable bonds is 10. The zero-order valence-electron chi connectivity index (χ0n) is 20.6. The normalized spacial score (nSPS) is 19.0. The number of likely N-dealkylation sites (tertiary alicyclic amines) is 1. The molecule has 1 unspecified atom stereocenters.